The molecule has 0 aliphatic carbocycles. The molecule has 0 radical (unpaired) electrons. The Morgan fingerprint density at radius 3 is 2.26 bits per heavy atom. The van der Waals surface area contributed by atoms with Crippen LogP contribution in [0, 0.1) is 5.92 Å². The molecule has 0 saturated carbocycles. The van der Waals surface area contributed by atoms with E-state index in [1.165, 1.54) is 23.5 Å². The molecule has 2 aromatic heterocycles. The maximum atomic E-state index is 13.0. The second-order valence-electron chi connectivity index (χ2n) is 7.42. The Morgan fingerprint density at radius 2 is 1.65 bits per heavy atom. The maximum Gasteiger partial charge on any atom is 0.416 e. The van der Waals surface area contributed by atoms with Gasteiger partial charge in [0.1, 0.15) is 0 Å². The Labute approximate surface area is 181 Å². The van der Waals surface area contributed by atoms with Crippen LogP contribution in [0.2, 0.25) is 0 Å². The second kappa shape index (κ2) is 8.15. The first-order valence-corrected chi connectivity index (χ1v) is 10.5. The van der Waals surface area contributed by atoms with Gasteiger partial charge in [-0.05, 0) is 42.5 Å². The maximum absolute atomic E-state index is 13.0. The third-order valence-corrected chi connectivity index (χ3v) is 5.97. The molecule has 0 bridgehead atoms. The molecule has 0 atom stereocenters. The molecule has 0 aliphatic heterocycles. The monoisotopic (exact) mass is 440 g/mol. The number of benzene rings is 2. The predicted octanol–water partition coefficient (Wildman–Crippen LogP) is 7.13. The first-order valence-electron chi connectivity index (χ1n) is 9.71. The Kier molecular flexibility index (Phi) is 5.54. The van der Waals surface area contributed by atoms with E-state index in [2.05, 4.69) is 5.10 Å². The average molecular weight is 440 g/mol. The number of carbonyl (C=O) groups is 1. The molecular formula is C24H19F3N2OS. The van der Waals surface area contributed by atoms with E-state index < -0.39 is 11.7 Å². The summed E-state index contributed by atoms with van der Waals surface area (Å²) in [6, 6.07) is 20.0. The number of aromatic nitrogens is 2. The van der Waals surface area contributed by atoms with Gasteiger partial charge in [0, 0.05) is 11.5 Å². The molecule has 2 heterocycles. The smallest absolute Gasteiger partial charge is 0.293 e. The summed E-state index contributed by atoms with van der Waals surface area (Å²) in [5.41, 5.74) is 2.10. The lowest BCUT2D eigenvalue weighted by molar-refractivity contribution is -0.137. The summed E-state index contributed by atoms with van der Waals surface area (Å²) in [7, 11) is 0. The minimum absolute atomic E-state index is 0.0557. The zero-order valence-electron chi connectivity index (χ0n) is 16.9. The molecule has 4 aromatic rings. The fraction of sp³-hybridized carbons (Fsp3) is 0.167. The van der Waals surface area contributed by atoms with Crippen molar-refractivity contribution in [3.63, 3.8) is 0 Å². The zero-order chi connectivity index (χ0) is 22.2. The van der Waals surface area contributed by atoms with E-state index in [-0.39, 0.29) is 11.7 Å². The van der Waals surface area contributed by atoms with E-state index in [0.29, 0.717) is 22.0 Å². The molecule has 4 rings (SSSR count). The molecule has 2 aromatic carbocycles. The lowest BCUT2D eigenvalue weighted by Gasteiger charge is -2.09. The Balaban J connectivity index is 1.82. The van der Waals surface area contributed by atoms with Crippen LogP contribution in [0.4, 0.5) is 13.2 Å². The normalized spacial score (nSPS) is 11.8. The van der Waals surface area contributed by atoms with Crippen molar-refractivity contribution in [2.75, 3.05) is 0 Å². The van der Waals surface area contributed by atoms with E-state index in [4.69, 9.17) is 0 Å². The number of hydrogen-bond acceptors (Lipinski definition) is 3. The van der Waals surface area contributed by atoms with Gasteiger partial charge in [-0.3, -0.25) is 4.79 Å². The molecular weight excluding hydrogens is 421 g/mol. The van der Waals surface area contributed by atoms with Gasteiger partial charge >= 0.3 is 6.18 Å². The molecule has 0 saturated heterocycles. The Hall–Kier alpha value is -3.19. The summed E-state index contributed by atoms with van der Waals surface area (Å²) in [4.78, 5) is 13.8. The van der Waals surface area contributed by atoms with Crippen LogP contribution in [0.25, 0.3) is 27.5 Å². The van der Waals surface area contributed by atoms with Gasteiger partial charge in [-0.2, -0.15) is 18.3 Å². The van der Waals surface area contributed by atoms with Crippen molar-refractivity contribution >= 4 is 17.1 Å². The fourth-order valence-electron chi connectivity index (χ4n) is 3.19. The van der Waals surface area contributed by atoms with Gasteiger partial charge in [0.2, 0.25) is 0 Å². The number of Topliss-reactive ketones (excluding diaryl/α,β-unsaturated/α-hetero) is 1. The standard InChI is InChI=1S/C24H19F3N2OS/c1-15(2)23(30)22-13-12-21(31-22)20-14-19(16-6-4-3-5-7-16)28-29(20)18-10-8-17(9-11-18)24(25,26)27/h3-15H,1-2H3. The second-order valence-corrected chi connectivity index (χ2v) is 8.50. The fourth-order valence-corrected chi connectivity index (χ4v) is 4.28. The highest BCUT2D eigenvalue weighted by molar-refractivity contribution is 7.17. The SMILES string of the molecule is CC(C)C(=O)c1ccc(-c2cc(-c3ccccc3)nn2-c2ccc(C(F)(F)F)cc2)s1. The van der Waals surface area contributed by atoms with Crippen molar-refractivity contribution in [2.45, 2.75) is 20.0 Å². The lowest BCUT2D eigenvalue weighted by Crippen LogP contribution is -2.05. The number of hydrogen-bond donors (Lipinski definition) is 0. The Bertz CT molecular complexity index is 1210. The summed E-state index contributed by atoms with van der Waals surface area (Å²) in [5.74, 6) is -0.0636. The van der Waals surface area contributed by atoms with E-state index in [9.17, 15) is 18.0 Å². The number of rotatable bonds is 5. The molecule has 0 spiro atoms. The van der Waals surface area contributed by atoms with Crippen molar-refractivity contribution < 1.29 is 18.0 Å². The minimum atomic E-state index is -4.40. The van der Waals surface area contributed by atoms with Gasteiger partial charge in [0.25, 0.3) is 0 Å². The summed E-state index contributed by atoms with van der Waals surface area (Å²) >= 11 is 1.36. The average Bonchev–Trinajstić information content (AvgIpc) is 3.40. The first kappa shape index (κ1) is 21.1. The van der Waals surface area contributed by atoms with Crippen LogP contribution in [0.1, 0.15) is 29.1 Å². The highest BCUT2D eigenvalue weighted by atomic mass is 32.1. The van der Waals surface area contributed by atoms with Crippen LogP contribution in [0.5, 0.6) is 0 Å². The van der Waals surface area contributed by atoms with Crippen LogP contribution < -0.4 is 0 Å². The van der Waals surface area contributed by atoms with Crippen molar-refractivity contribution in [3.8, 4) is 27.5 Å². The van der Waals surface area contributed by atoms with Gasteiger partial charge in [-0.15, -0.1) is 11.3 Å². The summed E-state index contributed by atoms with van der Waals surface area (Å²) < 4.78 is 40.6. The van der Waals surface area contributed by atoms with E-state index in [0.717, 1.165) is 22.6 Å². The van der Waals surface area contributed by atoms with E-state index in [1.807, 2.05) is 56.3 Å². The van der Waals surface area contributed by atoms with Crippen molar-refractivity contribution in [1.29, 1.82) is 0 Å². The highest BCUT2D eigenvalue weighted by Crippen LogP contribution is 2.35. The highest BCUT2D eigenvalue weighted by Gasteiger charge is 2.30. The molecule has 3 nitrogen and oxygen atoms in total. The molecule has 31 heavy (non-hydrogen) atoms. The van der Waals surface area contributed by atoms with Crippen molar-refractivity contribution in [3.05, 3.63) is 83.2 Å². The lowest BCUT2D eigenvalue weighted by atomic mass is 10.1. The summed E-state index contributed by atoms with van der Waals surface area (Å²) in [6.45, 7) is 3.70. The quantitative estimate of drug-likeness (QED) is 0.310. The van der Waals surface area contributed by atoms with Crippen LogP contribution in [0.15, 0.2) is 72.8 Å². The number of ketones is 1. The molecule has 158 valence electrons. The van der Waals surface area contributed by atoms with Gasteiger partial charge in [0.05, 0.1) is 32.4 Å². The number of thiophene rings is 1. The number of alkyl halides is 3. The predicted molar refractivity (Wildman–Crippen MR) is 116 cm³/mol. The van der Waals surface area contributed by atoms with Crippen LogP contribution >= 0.6 is 11.3 Å². The molecule has 0 N–H and O–H groups in total. The van der Waals surface area contributed by atoms with Gasteiger partial charge in [0.15, 0.2) is 5.78 Å². The zero-order valence-corrected chi connectivity index (χ0v) is 17.7. The van der Waals surface area contributed by atoms with Crippen molar-refractivity contribution in [1.82, 2.24) is 9.78 Å². The third kappa shape index (κ3) is 4.32. The largest absolute Gasteiger partial charge is 0.416 e. The van der Waals surface area contributed by atoms with E-state index >= 15 is 0 Å². The molecule has 0 aliphatic rings. The van der Waals surface area contributed by atoms with Crippen LogP contribution in [-0.4, -0.2) is 15.6 Å². The third-order valence-electron chi connectivity index (χ3n) is 4.84. The topological polar surface area (TPSA) is 34.9 Å². The van der Waals surface area contributed by atoms with Crippen LogP contribution in [-0.2, 0) is 6.18 Å². The number of carbonyl (C=O) groups excluding carboxylic acids is 1. The van der Waals surface area contributed by atoms with Gasteiger partial charge in [-0.25, -0.2) is 4.68 Å². The number of halogens is 3. The van der Waals surface area contributed by atoms with E-state index in [1.54, 1.807) is 10.7 Å². The molecule has 0 amide bonds. The Morgan fingerprint density at radius 1 is 0.968 bits per heavy atom. The van der Waals surface area contributed by atoms with Crippen molar-refractivity contribution in [2.24, 2.45) is 5.92 Å². The van der Waals surface area contributed by atoms with Gasteiger partial charge in [-0.1, -0.05) is 44.2 Å². The molecule has 0 unspecified atom stereocenters. The molecule has 0 fully saturated rings. The summed E-state index contributed by atoms with van der Waals surface area (Å²) in [5, 5.41) is 4.67. The number of nitrogens with zero attached hydrogens (tertiary/aromatic N) is 2. The first-order chi connectivity index (χ1) is 14.7. The minimum Gasteiger partial charge on any atom is -0.293 e. The van der Waals surface area contributed by atoms with Gasteiger partial charge < -0.3 is 0 Å². The van der Waals surface area contributed by atoms with Crippen LogP contribution in [0.3, 0.4) is 0 Å². The summed E-state index contributed by atoms with van der Waals surface area (Å²) in [6.07, 6.45) is -4.40. The molecule has 7 heteroatoms.